The molecule has 0 saturated carbocycles. The van der Waals surface area contributed by atoms with Crippen molar-refractivity contribution in [1.29, 1.82) is 0 Å². The van der Waals surface area contributed by atoms with Crippen LogP contribution >= 0.6 is 23.4 Å². The fourth-order valence-corrected chi connectivity index (χ4v) is 2.90. The van der Waals surface area contributed by atoms with Crippen LogP contribution in [0.5, 0.6) is 0 Å². The van der Waals surface area contributed by atoms with Crippen LogP contribution in [-0.2, 0) is 18.5 Å². The first-order chi connectivity index (χ1) is 9.90. The van der Waals surface area contributed by atoms with E-state index in [2.05, 4.69) is 0 Å². The van der Waals surface area contributed by atoms with Gasteiger partial charge in [-0.1, -0.05) is 29.8 Å². The molecule has 2 aromatic carbocycles. The molecule has 0 aliphatic carbocycles. The third-order valence-electron chi connectivity index (χ3n) is 2.84. The molecule has 0 heterocycles. The van der Waals surface area contributed by atoms with Crippen molar-refractivity contribution in [2.24, 2.45) is 0 Å². The van der Waals surface area contributed by atoms with E-state index < -0.39 is 18.3 Å². The van der Waals surface area contributed by atoms with Gasteiger partial charge in [0.05, 0.1) is 12.2 Å². The molecule has 0 saturated heterocycles. The summed E-state index contributed by atoms with van der Waals surface area (Å²) in [7, 11) is 0. The van der Waals surface area contributed by atoms with Gasteiger partial charge in [-0.05, 0) is 35.4 Å². The highest BCUT2D eigenvalue weighted by molar-refractivity contribution is 7.98. The van der Waals surface area contributed by atoms with E-state index in [1.165, 1.54) is 12.1 Å². The van der Waals surface area contributed by atoms with E-state index in [0.717, 1.165) is 23.4 Å². The Morgan fingerprint density at radius 1 is 1.00 bits per heavy atom. The van der Waals surface area contributed by atoms with Crippen LogP contribution in [0.2, 0.25) is 5.02 Å². The normalized spacial score (nSPS) is 11.7. The van der Waals surface area contributed by atoms with Crippen LogP contribution in [0.25, 0.3) is 0 Å². The Labute approximate surface area is 129 Å². The Bertz CT molecular complexity index is 611. The van der Waals surface area contributed by atoms with Gasteiger partial charge in [0.2, 0.25) is 0 Å². The molecule has 1 nitrogen and oxygen atoms in total. The highest BCUT2D eigenvalue weighted by Gasteiger charge is 2.33. The second kappa shape index (κ2) is 6.73. The third-order valence-corrected chi connectivity index (χ3v) is 4.24. The van der Waals surface area contributed by atoms with Gasteiger partial charge in [0.25, 0.3) is 0 Å². The van der Waals surface area contributed by atoms with Crippen molar-refractivity contribution >= 4 is 23.4 Å². The van der Waals surface area contributed by atoms with E-state index in [1.54, 1.807) is 24.3 Å². The fraction of sp³-hybridized carbons (Fsp3) is 0.200. The lowest BCUT2D eigenvalue weighted by Gasteiger charge is -2.13. The number of hydrogen-bond acceptors (Lipinski definition) is 2. The van der Waals surface area contributed by atoms with E-state index in [1.807, 2.05) is 0 Å². The van der Waals surface area contributed by atoms with E-state index in [-0.39, 0.29) is 10.5 Å². The highest BCUT2D eigenvalue weighted by atomic mass is 35.5. The summed E-state index contributed by atoms with van der Waals surface area (Å²) < 4.78 is 39.1. The number of hydrogen-bond donors (Lipinski definition) is 1. The average Bonchev–Trinajstić information content (AvgIpc) is 2.45. The largest absolute Gasteiger partial charge is 0.417 e. The van der Waals surface area contributed by atoms with Crippen molar-refractivity contribution in [3.05, 3.63) is 64.2 Å². The molecule has 0 spiro atoms. The fourth-order valence-electron chi connectivity index (χ4n) is 1.76. The van der Waals surface area contributed by atoms with Crippen LogP contribution in [-0.4, -0.2) is 5.11 Å². The molecule has 1 N–H and O–H groups in total. The van der Waals surface area contributed by atoms with Crippen molar-refractivity contribution in [2.45, 2.75) is 23.4 Å². The zero-order chi connectivity index (χ0) is 15.5. The lowest BCUT2D eigenvalue weighted by Crippen LogP contribution is -2.07. The van der Waals surface area contributed by atoms with Gasteiger partial charge in [-0.3, -0.25) is 0 Å². The summed E-state index contributed by atoms with van der Waals surface area (Å²) in [6.45, 7) is -0.411. The molecule has 6 heteroatoms. The lowest BCUT2D eigenvalue weighted by atomic mass is 10.1. The maximum atomic E-state index is 13.0. The van der Waals surface area contributed by atoms with Crippen LogP contribution in [0.3, 0.4) is 0 Å². The molecule has 0 bridgehead atoms. The molecule has 21 heavy (non-hydrogen) atoms. The standard InChI is InChI=1S/C15H12ClF3OS/c16-12-4-1-10(2-5-12)9-21-14-6-3-11(8-20)7-13(14)15(17,18)19/h1-7,20H,8-9H2. The number of thioether (sulfide) groups is 1. The van der Waals surface area contributed by atoms with Crippen molar-refractivity contribution in [1.82, 2.24) is 0 Å². The first-order valence-electron chi connectivity index (χ1n) is 6.08. The van der Waals surface area contributed by atoms with Crippen molar-refractivity contribution < 1.29 is 18.3 Å². The second-order valence-corrected chi connectivity index (χ2v) is 5.86. The predicted octanol–water partition coefficient (Wildman–Crippen LogP) is 5.14. The topological polar surface area (TPSA) is 20.2 Å². The number of rotatable bonds is 4. The molecule has 0 aliphatic heterocycles. The van der Waals surface area contributed by atoms with Gasteiger partial charge in [0.15, 0.2) is 0 Å². The van der Waals surface area contributed by atoms with Crippen LogP contribution in [0.1, 0.15) is 16.7 Å². The maximum Gasteiger partial charge on any atom is 0.417 e. The Kier molecular flexibility index (Phi) is 5.19. The van der Waals surface area contributed by atoms with E-state index in [0.29, 0.717) is 10.8 Å². The molecule has 0 atom stereocenters. The molecule has 0 fully saturated rings. The minimum atomic E-state index is -4.44. The first-order valence-corrected chi connectivity index (χ1v) is 7.45. The third kappa shape index (κ3) is 4.40. The summed E-state index contributed by atoms with van der Waals surface area (Å²) in [5.74, 6) is 0.415. The van der Waals surface area contributed by atoms with Crippen molar-refractivity contribution in [3.63, 3.8) is 0 Å². The summed E-state index contributed by atoms with van der Waals surface area (Å²) >= 11 is 6.88. The molecule has 2 aromatic rings. The van der Waals surface area contributed by atoms with Crippen LogP contribution < -0.4 is 0 Å². The number of aliphatic hydroxyl groups excluding tert-OH is 1. The monoisotopic (exact) mass is 332 g/mol. The molecular weight excluding hydrogens is 321 g/mol. The molecule has 0 unspecified atom stereocenters. The Balaban J connectivity index is 2.21. The minimum absolute atomic E-state index is 0.148. The van der Waals surface area contributed by atoms with Gasteiger partial charge in [-0.25, -0.2) is 0 Å². The summed E-state index contributed by atoms with van der Waals surface area (Å²) in [4.78, 5) is 0.148. The molecule has 0 amide bonds. The molecule has 112 valence electrons. The van der Waals surface area contributed by atoms with Gasteiger partial charge in [0, 0.05) is 15.7 Å². The van der Waals surface area contributed by atoms with Gasteiger partial charge < -0.3 is 5.11 Å². The Hall–Kier alpha value is -1.17. The maximum absolute atomic E-state index is 13.0. The Morgan fingerprint density at radius 3 is 2.19 bits per heavy atom. The number of halogens is 4. The lowest BCUT2D eigenvalue weighted by molar-refractivity contribution is -0.139. The molecule has 2 rings (SSSR count). The number of aliphatic hydroxyl groups is 1. The molecule has 0 aliphatic rings. The van der Waals surface area contributed by atoms with E-state index in [4.69, 9.17) is 16.7 Å². The zero-order valence-corrected chi connectivity index (χ0v) is 12.4. The van der Waals surface area contributed by atoms with Gasteiger partial charge in [-0.2, -0.15) is 13.2 Å². The highest BCUT2D eigenvalue weighted by Crippen LogP contribution is 2.38. The Morgan fingerprint density at radius 2 is 1.62 bits per heavy atom. The second-order valence-electron chi connectivity index (χ2n) is 4.40. The quantitative estimate of drug-likeness (QED) is 0.782. The van der Waals surface area contributed by atoms with Crippen LogP contribution in [0.4, 0.5) is 13.2 Å². The van der Waals surface area contributed by atoms with E-state index in [9.17, 15) is 13.2 Å². The summed E-state index contributed by atoms with van der Waals surface area (Å²) in [5, 5.41) is 9.56. The van der Waals surface area contributed by atoms with Crippen LogP contribution in [0.15, 0.2) is 47.4 Å². The van der Waals surface area contributed by atoms with Crippen molar-refractivity contribution in [3.8, 4) is 0 Å². The summed E-state index contributed by atoms with van der Waals surface area (Å²) in [6.07, 6.45) is -4.44. The number of alkyl halides is 3. The van der Waals surface area contributed by atoms with Crippen LogP contribution in [0, 0.1) is 0 Å². The SMILES string of the molecule is OCc1ccc(SCc2ccc(Cl)cc2)c(C(F)(F)F)c1. The average molecular weight is 333 g/mol. The smallest absolute Gasteiger partial charge is 0.392 e. The molecular formula is C15H12ClF3OS. The zero-order valence-electron chi connectivity index (χ0n) is 10.8. The minimum Gasteiger partial charge on any atom is -0.392 e. The van der Waals surface area contributed by atoms with Gasteiger partial charge >= 0.3 is 6.18 Å². The molecule has 0 aromatic heterocycles. The first kappa shape index (κ1) is 16.2. The summed E-state index contributed by atoms with van der Waals surface area (Å²) in [5.41, 5.74) is 0.426. The molecule has 0 radical (unpaired) electrons. The van der Waals surface area contributed by atoms with Gasteiger partial charge in [0.1, 0.15) is 0 Å². The van der Waals surface area contributed by atoms with Gasteiger partial charge in [-0.15, -0.1) is 11.8 Å². The summed E-state index contributed by atoms with van der Waals surface area (Å²) in [6, 6.07) is 10.9. The van der Waals surface area contributed by atoms with E-state index >= 15 is 0 Å². The van der Waals surface area contributed by atoms with Crippen molar-refractivity contribution in [2.75, 3.05) is 0 Å². The number of benzene rings is 2. The predicted molar refractivity (Wildman–Crippen MR) is 78.4 cm³/mol.